The molecule has 5 nitrogen and oxygen atoms in total. The number of carbonyl (C=O) groups excluding carboxylic acids is 1. The summed E-state index contributed by atoms with van der Waals surface area (Å²) in [4.78, 5) is 12.0. The number of rotatable bonds is 4. The molecule has 0 saturated heterocycles. The number of nitrogens with zero attached hydrogens (tertiary/aromatic N) is 2. The van der Waals surface area contributed by atoms with Crippen LogP contribution in [0.1, 0.15) is 16.7 Å². The Labute approximate surface area is 166 Å². The van der Waals surface area contributed by atoms with Crippen LogP contribution in [0.3, 0.4) is 0 Å². The second-order valence-electron chi connectivity index (χ2n) is 6.28. The summed E-state index contributed by atoms with van der Waals surface area (Å²) in [6.45, 7) is 0.0286. The van der Waals surface area contributed by atoms with E-state index in [4.69, 9.17) is 0 Å². The highest BCUT2D eigenvalue weighted by Crippen LogP contribution is 2.31. The van der Waals surface area contributed by atoms with E-state index in [-0.39, 0.29) is 17.9 Å². The van der Waals surface area contributed by atoms with Gasteiger partial charge in [-0.05, 0) is 35.9 Å². The Kier molecular flexibility index (Phi) is 5.72. The highest BCUT2D eigenvalue weighted by atomic mass is 19.4. The molecule has 158 valence electrons. The smallest absolute Gasteiger partial charge is 0.308 e. The van der Waals surface area contributed by atoms with Crippen molar-refractivity contribution in [2.75, 3.05) is 10.6 Å². The lowest BCUT2D eigenvalue weighted by Gasteiger charge is -2.10. The van der Waals surface area contributed by atoms with Crippen molar-refractivity contribution in [1.82, 2.24) is 9.78 Å². The van der Waals surface area contributed by atoms with E-state index in [1.54, 1.807) is 0 Å². The molecule has 0 aliphatic rings. The van der Waals surface area contributed by atoms with Gasteiger partial charge in [0.2, 0.25) is 0 Å². The lowest BCUT2D eigenvalue weighted by molar-refractivity contribution is -0.138. The molecule has 1 aromatic heterocycles. The minimum Gasteiger partial charge on any atom is -0.308 e. The summed E-state index contributed by atoms with van der Waals surface area (Å²) in [6, 6.07) is 8.06. The first-order chi connectivity index (χ1) is 14.0. The summed E-state index contributed by atoms with van der Waals surface area (Å²) in [5, 5.41) is 8.62. The summed E-state index contributed by atoms with van der Waals surface area (Å²) in [5.41, 5.74) is -1.18. The Morgan fingerprint density at radius 2 is 1.47 bits per heavy atom. The lowest BCUT2D eigenvalue weighted by atomic mass is 10.1. The third-order valence-electron chi connectivity index (χ3n) is 3.94. The predicted octanol–water partition coefficient (Wildman–Crippen LogP) is 5.61. The average molecular weight is 428 g/mol. The van der Waals surface area contributed by atoms with E-state index in [9.17, 15) is 31.1 Å². The van der Waals surface area contributed by atoms with Gasteiger partial charge in [-0.15, -0.1) is 0 Å². The van der Waals surface area contributed by atoms with Crippen molar-refractivity contribution in [3.63, 3.8) is 0 Å². The van der Waals surface area contributed by atoms with Crippen LogP contribution in [0.4, 0.5) is 42.5 Å². The lowest BCUT2D eigenvalue weighted by Crippen LogP contribution is -2.19. The number of halogens is 6. The first kappa shape index (κ1) is 21.2. The Morgan fingerprint density at radius 1 is 0.867 bits per heavy atom. The van der Waals surface area contributed by atoms with Gasteiger partial charge >= 0.3 is 18.4 Å². The van der Waals surface area contributed by atoms with Gasteiger partial charge in [0, 0.05) is 11.9 Å². The van der Waals surface area contributed by atoms with Crippen molar-refractivity contribution in [2.45, 2.75) is 18.9 Å². The van der Waals surface area contributed by atoms with E-state index in [0.29, 0.717) is 5.56 Å². The molecule has 0 unspecified atom stereocenters. The van der Waals surface area contributed by atoms with Crippen LogP contribution in [0.5, 0.6) is 0 Å². The molecule has 3 aromatic rings. The molecule has 0 atom stereocenters. The van der Waals surface area contributed by atoms with E-state index in [1.807, 2.05) is 0 Å². The van der Waals surface area contributed by atoms with Crippen LogP contribution in [0.25, 0.3) is 0 Å². The van der Waals surface area contributed by atoms with Crippen LogP contribution in [-0.4, -0.2) is 15.8 Å². The molecule has 0 saturated carbocycles. The Balaban J connectivity index is 1.63. The maximum absolute atomic E-state index is 12.8. The quantitative estimate of drug-likeness (QED) is 0.531. The molecular formula is C19H14F6N4O. The van der Waals surface area contributed by atoms with Crippen molar-refractivity contribution >= 4 is 17.4 Å². The summed E-state index contributed by atoms with van der Waals surface area (Å²) in [5.74, 6) is 0. The third-order valence-corrected chi connectivity index (χ3v) is 3.94. The van der Waals surface area contributed by atoms with Crippen LogP contribution < -0.4 is 10.6 Å². The van der Waals surface area contributed by atoms with Crippen LogP contribution >= 0.6 is 0 Å². The minimum atomic E-state index is -4.54. The van der Waals surface area contributed by atoms with Gasteiger partial charge in [-0.3, -0.25) is 4.68 Å². The largest absolute Gasteiger partial charge is 0.416 e. The van der Waals surface area contributed by atoms with E-state index in [2.05, 4.69) is 15.7 Å². The van der Waals surface area contributed by atoms with Crippen molar-refractivity contribution in [1.29, 1.82) is 0 Å². The van der Waals surface area contributed by atoms with E-state index >= 15 is 0 Å². The molecule has 0 spiro atoms. The van der Waals surface area contributed by atoms with Crippen molar-refractivity contribution in [3.8, 4) is 0 Å². The number of urea groups is 1. The molecule has 1 heterocycles. The summed E-state index contributed by atoms with van der Waals surface area (Å²) in [6.07, 6.45) is -6.36. The fourth-order valence-corrected chi connectivity index (χ4v) is 2.61. The van der Waals surface area contributed by atoms with Gasteiger partial charge in [0.15, 0.2) is 0 Å². The predicted molar refractivity (Wildman–Crippen MR) is 96.9 cm³/mol. The normalized spacial score (nSPS) is 11.9. The molecule has 2 amide bonds. The number of anilines is 2. The molecule has 0 fully saturated rings. The first-order valence-electron chi connectivity index (χ1n) is 8.44. The molecule has 2 aromatic carbocycles. The fraction of sp³-hybridized carbons (Fsp3) is 0.158. The van der Waals surface area contributed by atoms with Crippen molar-refractivity contribution in [2.24, 2.45) is 0 Å². The van der Waals surface area contributed by atoms with Crippen LogP contribution in [0.15, 0.2) is 60.9 Å². The van der Waals surface area contributed by atoms with Gasteiger partial charge in [-0.2, -0.15) is 31.4 Å². The van der Waals surface area contributed by atoms with Crippen LogP contribution in [0, 0.1) is 0 Å². The Hall–Kier alpha value is -3.50. The number of nitrogens with one attached hydrogen (secondary N) is 2. The highest BCUT2D eigenvalue weighted by Gasteiger charge is 2.31. The van der Waals surface area contributed by atoms with Crippen molar-refractivity contribution in [3.05, 3.63) is 77.6 Å². The van der Waals surface area contributed by atoms with Gasteiger partial charge in [-0.1, -0.05) is 18.2 Å². The molecular weight excluding hydrogens is 414 g/mol. The molecule has 0 aliphatic carbocycles. The molecule has 0 radical (unpaired) electrons. The van der Waals surface area contributed by atoms with Gasteiger partial charge in [0.05, 0.1) is 29.6 Å². The topological polar surface area (TPSA) is 59.0 Å². The van der Waals surface area contributed by atoms with E-state index in [1.165, 1.54) is 35.3 Å². The minimum absolute atomic E-state index is 0.0286. The number of alkyl halides is 6. The molecule has 11 heteroatoms. The SMILES string of the molecule is O=C(Nc1cccc(C(F)(F)F)c1)Nc1cnn(Cc2cccc(C(F)(F)F)c2)c1. The zero-order valence-electron chi connectivity index (χ0n) is 15.1. The fourth-order valence-electron chi connectivity index (χ4n) is 2.61. The van der Waals surface area contributed by atoms with Crippen molar-refractivity contribution < 1.29 is 31.1 Å². The third kappa shape index (κ3) is 5.52. The monoisotopic (exact) mass is 428 g/mol. The highest BCUT2D eigenvalue weighted by molar-refractivity contribution is 5.99. The Morgan fingerprint density at radius 3 is 2.13 bits per heavy atom. The number of benzene rings is 2. The Bertz CT molecular complexity index is 1040. The zero-order valence-corrected chi connectivity index (χ0v) is 15.1. The summed E-state index contributed by atoms with van der Waals surface area (Å²) >= 11 is 0. The van der Waals surface area contributed by atoms with Gasteiger partial charge < -0.3 is 10.6 Å². The molecule has 0 bridgehead atoms. The summed E-state index contributed by atoms with van der Waals surface area (Å²) in [7, 11) is 0. The van der Waals surface area contributed by atoms with E-state index in [0.717, 1.165) is 30.3 Å². The first-order valence-corrected chi connectivity index (χ1v) is 8.44. The zero-order chi connectivity index (χ0) is 21.9. The molecule has 3 rings (SSSR count). The number of hydrogen-bond acceptors (Lipinski definition) is 2. The maximum Gasteiger partial charge on any atom is 0.416 e. The average Bonchev–Trinajstić information content (AvgIpc) is 3.07. The standard InChI is InChI=1S/C19H14F6N4O/c20-18(21,22)13-4-1-3-12(7-13)10-29-11-16(9-26-29)28-17(30)27-15-6-2-5-14(8-15)19(23,24)25/h1-9,11H,10H2,(H2,27,28,30). The number of hydrogen-bond donors (Lipinski definition) is 2. The van der Waals surface area contributed by atoms with Crippen LogP contribution in [-0.2, 0) is 18.9 Å². The summed E-state index contributed by atoms with van der Waals surface area (Å²) < 4.78 is 77.8. The van der Waals surface area contributed by atoms with Gasteiger partial charge in [-0.25, -0.2) is 4.79 Å². The molecule has 0 aliphatic heterocycles. The van der Waals surface area contributed by atoms with Gasteiger partial charge in [0.25, 0.3) is 0 Å². The molecule has 2 N–H and O–H groups in total. The second-order valence-corrected chi connectivity index (χ2v) is 6.28. The van der Waals surface area contributed by atoms with Crippen LogP contribution in [0.2, 0.25) is 0 Å². The van der Waals surface area contributed by atoms with Gasteiger partial charge in [0.1, 0.15) is 0 Å². The second kappa shape index (κ2) is 8.09. The number of amides is 2. The van der Waals surface area contributed by atoms with E-state index < -0.39 is 29.5 Å². The number of carbonyl (C=O) groups is 1. The molecule has 30 heavy (non-hydrogen) atoms. The maximum atomic E-state index is 12.8. The number of aromatic nitrogens is 2.